The highest BCUT2D eigenvalue weighted by atomic mass is 79.9. The van der Waals surface area contributed by atoms with E-state index >= 15 is 0 Å². The monoisotopic (exact) mass is 501 g/mol. The van der Waals surface area contributed by atoms with Crippen molar-refractivity contribution in [2.24, 2.45) is 5.92 Å². The number of aryl methyl sites for hydroxylation is 1. The molecule has 2 N–H and O–H groups in total. The second kappa shape index (κ2) is 9.08. The zero-order valence-corrected chi connectivity index (χ0v) is 19.4. The molecule has 7 nitrogen and oxygen atoms in total. The summed E-state index contributed by atoms with van der Waals surface area (Å²) in [6.45, 7) is 0.871. The molecule has 1 unspecified atom stereocenters. The lowest BCUT2D eigenvalue weighted by Gasteiger charge is -2.21. The van der Waals surface area contributed by atoms with Crippen molar-refractivity contribution in [1.82, 2.24) is 19.5 Å². The predicted molar refractivity (Wildman–Crippen MR) is 122 cm³/mol. The third-order valence-electron chi connectivity index (χ3n) is 5.87. The van der Waals surface area contributed by atoms with Crippen molar-refractivity contribution in [3.05, 3.63) is 57.5 Å². The first-order valence-electron chi connectivity index (χ1n) is 10.6. The number of hydrogen-bond donors (Lipinski definition) is 2. The van der Waals surface area contributed by atoms with Gasteiger partial charge in [0.2, 0.25) is 5.09 Å². The molecule has 9 heteroatoms. The first-order valence-corrected chi connectivity index (χ1v) is 12.2. The minimum Gasteiger partial charge on any atom is -0.454 e. The molecule has 1 aromatic carbocycles. The number of aromatic nitrogens is 4. The van der Waals surface area contributed by atoms with Gasteiger partial charge in [0.1, 0.15) is 11.8 Å². The van der Waals surface area contributed by atoms with Crippen LogP contribution in [0.2, 0.25) is 0 Å². The molecule has 2 aliphatic rings. The van der Waals surface area contributed by atoms with Gasteiger partial charge in [-0.2, -0.15) is 0 Å². The molecule has 1 aliphatic carbocycles. The van der Waals surface area contributed by atoms with E-state index in [1.54, 1.807) is 12.6 Å². The Labute approximate surface area is 192 Å². The fourth-order valence-electron chi connectivity index (χ4n) is 4.20. The van der Waals surface area contributed by atoms with Gasteiger partial charge in [-0.1, -0.05) is 66.2 Å². The summed E-state index contributed by atoms with van der Waals surface area (Å²) >= 11 is 4.89. The molecular weight excluding hydrogens is 478 g/mol. The third-order valence-corrected chi connectivity index (χ3v) is 7.37. The summed E-state index contributed by atoms with van der Waals surface area (Å²) in [5.41, 5.74) is 2.54. The molecule has 0 amide bonds. The average molecular weight is 502 g/mol. The van der Waals surface area contributed by atoms with E-state index in [-0.39, 0.29) is 5.49 Å². The number of thioether (sulfide) groups is 1. The lowest BCUT2D eigenvalue weighted by molar-refractivity contribution is -0.0278. The Bertz CT molecular complexity index is 1170. The molecule has 162 valence electrons. The summed E-state index contributed by atoms with van der Waals surface area (Å²) in [7, 11) is 0. The third kappa shape index (κ3) is 4.52. The van der Waals surface area contributed by atoms with Crippen LogP contribution in [0, 0.1) is 11.3 Å². The van der Waals surface area contributed by atoms with Gasteiger partial charge in [0.15, 0.2) is 16.3 Å². The summed E-state index contributed by atoms with van der Waals surface area (Å²) < 4.78 is 14.7. The van der Waals surface area contributed by atoms with Gasteiger partial charge in [-0.05, 0) is 30.2 Å². The van der Waals surface area contributed by atoms with E-state index in [2.05, 4.69) is 30.5 Å². The number of rotatable bonds is 6. The van der Waals surface area contributed by atoms with Gasteiger partial charge >= 0.3 is 0 Å². The molecule has 3 aromatic rings. The second-order valence-electron chi connectivity index (χ2n) is 7.97. The maximum absolute atomic E-state index is 8.17. The zero-order chi connectivity index (χ0) is 21.2. The van der Waals surface area contributed by atoms with Crippen LogP contribution in [0.4, 0.5) is 0 Å². The van der Waals surface area contributed by atoms with Gasteiger partial charge in [0.25, 0.3) is 6.29 Å². The van der Waals surface area contributed by atoms with Crippen LogP contribution in [-0.2, 0) is 16.0 Å². The number of ether oxygens (including phenoxy) is 2. The quantitative estimate of drug-likeness (QED) is 0.458. The van der Waals surface area contributed by atoms with Crippen molar-refractivity contribution in [1.29, 1.82) is 5.41 Å². The maximum Gasteiger partial charge on any atom is 0.268 e. The Hall–Kier alpha value is -2.26. The highest BCUT2D eigenvalue weighted by Gasteiger charge is 2.25. The maximum atomic E-state index is 8.17. The van der Waals surface area contributed by atoms with Crippen molar-refractivity contribution in [3.8, 4) is 0 Å². The van der Waals surface area contributed by atoms with E-state index in [0.29, 0.717) is 15.8 Å². The Morgan fingerprint density at radius 3 is 2.90 bits per heavy atom. The van der Waals surface area contributed by atoms with E-state index in [9.17, 15) is 0 Å². The first kappa shape index (κ1) is 20.6. The summed E-state index contributed by atoms with van der Waals surface area (Å²) in [6.07, 6.45) is 10.7. The Balaban J connectivity index is 1.30. The van der Waals surface area contributed by atoms with Crippen LogP contribution in [0.3, 0.4) is 0 Å². The molecule has 1 saturated carbocycles. The van der Waals surface area contributed by atoms with Crippen LogP contribution in [-0.4, -0.2) is 19.5 Å². The summed E-state index contributed by atoms with van der Waals surface area (Å²) in [6, 6.07) is 7.83. The molecule has 1 aliphatic heterocycles. The molecule has 0 saturated heterocycles. The molecular formula is C22H24BrN5O2S. The van der Waals surface area contributed by atoms with E-state index in [0.717, 1.165) is 34.6 Å². The lowest BCUT2D eigenvalue weighted by Crippen LogP contribution is -2.15. The van der Waals surface area contributed by atoms with Crippen LogP contribution in [0.1, 0.15) is 50.4 Å². The summed E-state index contributed by atoms with van der Waals surface area (Å²) in [5.74, 6) is 0.781. The van der Waals surface area contributed by atoms with E-state index in [1.807, 2.05) is 24.3 Å². The second-order valence-corrected chi connectivity index (χ2v) is 9.81. The van der Waals surface area contributed by atoms with Gasteiger partial charge in [0, 0.05) is 16.6 Å². The van der Waals surface area contributed by atoms with Crippen LogP contribution >= 0.6 is 27.7 Å². The molecule has 5 rings (SSSR count). The summed E-state index contributed by atoms with van der Waals surface area (Å²) in [4.78, 5) is 12.2. The zero-order valence-electron chi connectivity index (χ0n) is 17.0. The fraction of sp³-hybridized carbons (Fsp3) is 0.409. The van der Waals surface area contributed by atoms with Crippen LogP contribution in [0.25, 0.3) is 11.2 Å². The lowest BCUT2D eigenvalue weighted by atomic mass is 9.87. The largest absolute Gasteiger partial charge is 0.454 e. The predicted octanol–water partition coefficient (Wildman–Crippen LogP) is 5.61. The van der Waals surface area contributed by atoms with Gasteiger partial charge in [-0.25, -0.2) is 9.97 Å². The van der Waals surface area contributed by atoms with Crippen LogP contribution in [0.15, 0.2) is 51.6 Å². The molecule has 3 heterocycles. The van der Waals surface area contributed by atoms with Crippen LogP contribution < -0.4 is 5.49 Å². The number of fused-ring (bicyclic) bond motifs is 1. The smallest absolute Gasteiger partial charge is 0.268 e. The van der Waals surface area contributed by atoms with Crippen molar-refractivity contribution in [3.63, 3.8) is 0 Å². The molecule has 0 spiro atoms. The number of H-pyrrole nitrogens is 1. The van der Waals surface area contributed by atoms with Crippen LogP contribution in [0.5, 0.6) is 0 Å². The van der Waals surface area contributed by atoms with Crippen molar-refractivity contribution in [2.45, 2.75) is 56.5 Å². The number of nitrogens with one attached hydrogen (secondary N) is 2. The van der Waals surface area contributed by atoms with Crippen molar-refractivity contribution < 1.29 is 9.47 Å². The number of imidazole rings is 1. The normalized spacial score (nSPS) is 19.3. The van der Waals surface area contributed by atoms with E-state index in [1.165, 1.54) is 43.9 Å². The number of benzene rings is 1. The number of nitrogens with zero attached hydrogens (tertiary/aromatic N) is 3. The van der Waals surface area contributed by atoms with Crippen molar-refractivity contribution >= 4 is 38.9 Å². The number of halogens is 1. The molecule has 0 radical (unpaired) electrons. The molecule has 1 atom stereocenters. The average Bonchev–Trinajstić information content (AvgIpc) is 3.42. The first-order chi connectivity index (χ1) is 15.2. The topological polar surface area (TPSA) is 88.8 Å². The highest BCUT2D eigenvalue weighted by molar-refractivity contribution is 9.10. The van der Waals surface area contributed by atoms with Gasteiger partial charge < -0.3 is 19.0 Å². The van der Waals surface area contributed by atoms with Gasteiger partial charge in [-0.15, -0.1) is 0 Å². The fourth-order valence-corrected chi connectivity index (χ4v) is 5.38. The molecule has 2 aromatic heterocycles. The minimum atomic E-state index is -0.490. The molecule has 31 heavy (non-hydrogen) atoms. The van der Waals surface area contributed by atoms with E-state index < -0.39 is 6.29 Å². The Morgan fingerprint density at radius 2 is 2.06 bits per heavy atom. The number of aromatic amines is 1. The van der Waals surface area contributed by atoms with Gasteiger partial charge in [0.05, 0.1) is 6.33 Å². The summed E-state index contributed by atoms with van der Waals surface area (Å²) in [5, 5.41) is 9.45. The Morgan fingerprint density at radius 1 is 1.23 bits per heavy atom. The van der Waals surface area contributed by atoms with Gasteiger partial charge in [-0.3, -0.25) is 5.41 Å². The highest BCUT2D eigenvalue weighted by Crippen LogP contribution is 2.39. The SMILES string of the molecule is N=c1ncn(CCC2CCCCC2)c2nc(SC3=COC(c4ccccc4Br)O3)[nH]c12. The van der Waals surface area contributed by atoms with E-state index in [4.69, 9.17) is 19.9 Å². The minimum absolute atomic E-state index is 0.201. The standard InChI is InChI=1S/C22H24BrN5O2S/c23-16-9-5-4-8-15(16)21-29-12-17(30-21)31-22-26-18-19(24)25-13-28(20(18)27-22)11-10-14-6-2-1-3-7-14/h4-5,8-9,12-14,21,24H,1-3,6-7,10-11H2,(H,26,27). The Kier molecular flexibility index (Phi) is 6.04. The number of hydrogen-bond acceptors (Lipinski definition) is 6. The van der Waals surface area contributed by atoms with Crippen molar-refractivity contribution in [2.75, 3.05) is 0 Å². The molecule has 1 fully saturated rings. The molecule has 0 bridgehead atoms.